The Morgan fingerprint density at radius 3 is 1.41 bits per heavy atom. The standard InChI is InChI=1S/C28H35ClN6OS.C27H35ClN6S.C20H22ClN5S/c1-18-19(2)37-26-24(18)25(21-8-10-22(29)11-9-21)30-28(4,27-32-31-20(3)35(26)27)17-23(36)7-6-12-34-15-13-33(5)14-16-34;1-18-19(2)35-27-24(18)25(21-9-11-22(28)12-10-21)29-23(26-31-30-20(3)34(26)27)17-32(4)13-8-16-33-14-6-5-7-15-33;1-11-12(2)27-20-17(11)18(14-6-8-15(21)9-7-14)22-16(10-25(4)5)19-24-23-13(3)26(19)20/h8-11H,6-7,12-17H2,1-5H3;9-12,23H,5-8,13-17H2,1-4H3;6-9,16H,10H2,1-5H3/t28-;23-;16-/m000/s1. The van der Waals surface area contributed by atoms with Crippen molar-refractivity contribution in [1.29, 1.82) is 0 Å². The maximum Gasteiger partial charge on any atom is 0.166 e. The normalized spacial score (nSPS) is 18.5. The number of piperazine rings is 1. The molecule has 11 heterocycles. The third kappa shape index (κ3) is 15.6. The molecule has 24 heteroatoms. The molecule has 2 saturated heterocycles. The van der Waals surface area contributed by atoms with Gasteiger partial charge in [0.15, 0.2) is 17.5 Å². The van der Waals surface area contributed by atoms with Crippen LogP contribution in [0.15, 0.2) is 87.8 Å². The number of fused-ring (bicyclic) bond motifs is 9. The molecule has 2 fully saturated rings. The number of aromatic nitrogens is 9. The number of likely N-dealkylation sites (N-methyl/N-ethyl adjacent to an activating group) is 3. The van der Waals surface area contributed by atoms with E-state index in [0.717, 1.165) is 153 Å². The monoisotopic (exact) mass is 1450 g/mol. The molecule has 0 bridgehead atoms. The fraction of sp³-hybridized carbons (Fsp3) is 0.467. The van der Waals surface area contributed by atoms with Crippen molar-refractivity contribution in [3.8, 4) is 15.0 Å². The molecule has 0 N–H and O–H groups in total. The first kappa shape index (κ1) is 72.3. The van der Waals surface area contributed by atoms with Crippen molar-refractivity contribution < 1.29 is 4.79 Å². The summed E-state index contributed by atoms with van der Waals surface area (Å²) in [7, 11) is 8.48. The Bertz CT molecular complexity index is 4460. The van der Waals surface area contributed by atoms with Crippen LogP contribution in [0.3, 0.4) is 0 Å². The van der Waals surface area contributed by atoms with Gasteiger partial charge in [-0.1, -0.05) is 77.6 Å². The Labute approximate surface area is 610 Å². The van der Waals surface area contributed by atoms with Crippen LogP contribution in [0.1, 0.15) is 164 Å². The summed E-state index contributed by atoms with van der Waals surface area (Å²) in [5.41, 5.74) is 12.4. The lowest BCUT2D eigenvalue weighted by Gasteiger charge is -2.32. The average Bonchev–Trinajstić information content (AvgIpc) is 1.60. The van der Waals surface area contributed by atoms with Crippen molar-refractivity contribution in [3.05, 3.63) is 188 Å². The van der Waals surface area contributed by atoms with E-state index in [1.54, 1.807) is 34.0 Å². The van der Waals surface area contributed by atoms with Crippen LogP contribution < -0.4 is 0 Å². The molecule has 6 aromatic heterocycles. The van der Waals surface area contributed by atoms with Crippen LogP contribution >= 0.6 is 68.8 Å². The number of halogens is 3. The summed E-state index contributed by atoms with van der Waals surface area (Å²) in [4.78, 5) is 45.1. The second kappa shape index (κ2) is 31.0. The van der Waals surface area contributed by atoms with Gasteiger partial charge in [0.25, 0.3) is 0 Å². The fourth-order valence-corrected chi connectivity index (χ4v) is 18.1. The van der Waals surface area contributed by atoms with E-state index in [1.165, 1.54) is 92.8 Å². The van der Waals surface area contributed by atoms with E-state index in [1.807, 2.05) is 88.4 Å². The predicted molar refractivity (Wildman–Crippen MR) is 408 cm³/mol. The third-order valence-electron chi connectivity index (χ3n) is 19.9. The lowest BCUT2D eigenvalue weighted by atomic mass is 9.92. The lowest BCUT2D eigenvalue weighted by Crippen LogP contribution is -2.44. The van der Waals surface area contributed by atoms with Crippen molar-refractivity contribution in [2.24, 2.45) is 15.0 Å². The Hall–Kier alpha value is -6.47. The van der Waals surface area contributed by atoms with Crippen LogP contribution in [0.2, 0.25) is 15.1 Å². The van der Waals surface area contributed by atoms with Crippen molar-refractivity contribution in [2.45, 2.75) is 132 Å². The SMILES string of the molecule is Cc1sc2c(c1C)C(c1ccc(Cl)cc1)=N[C@@H](CN(C)C)c1nnc(C)n1-2.Cc1sc2c(c1C)C(c1ccc(Cl)cc1)=N[C@@H](CN(C)CCCN1CCCCC1)c1nnc(C)n1-2.Cc1sc2c(c1C)C(c1ccc(Cl)cc1)=N[C@@](C)(CC(=O)CCCN1CCN(C)CC1)c1nnc(C)n1-2. The van der Waals surface area contributed by atoms with E-state index in [4.69, 9.17) is 49.8 Å². The smallest absolute Gasteiger partial charge is 0.166 e. The van der Waals surface area contributed by atoms with Gasteiger partial charge >= 0.3 is 0 Å². The van der Waals surface area contributed by atoms with Crippen LogP contribution in [0.5, 0.6) is 0 Å². The highest BCUT2D eigenvalue weighted by Gasteiger charge is 2.41. The number of likely N-dealkylation sites (tertiary alicyclic amines) is 1. The van der Waals surface area contributed by atoms with E-state index in [2.05, 4.69) is 151 Å². The van der Waals surface area contributed by atoms with Crippen LogP contribution in [-0.2, 0) is 10.3 Å². The zero-order valence-corrected chi connectivity index (χ0v) is 64.4. The number of ketones is 1. The summed E-state index contributed by atoms with van der Waals surface area (Å²) in [6, 6.07) is 23.6. The number of Topliss-reactive ketones (excluding diaryl/α,β-unsaturated/α-hetero) is 1. The number of hydrogen-bond acceptors (Lipinski definition) is 18. The first-order chi connectivity index (χ1) is 47.4. The number of hydrogen-bond donors (Lipinski definition) is 0. The van der Waals surface area contributed by atoms with Gasteiger partial charge in [0.05, 0.1) is 17.1 Å². The highest BCUT2D eigenvalue weighted by Crippen LogP contribution is 2.44. The van der Waals surface area contributed by atoms with Crippen LogP contribution in [0.4, 0.5) is 0 Å². The topological polar surface area (TPSA) is 162 Å². The van der Waals surface area contributed by atoms with Gasteiger partial charge in [0, 0.05) is 115 Å². The Morgan fingerprint density at radius 2 is 0.929 bits per heavy atom. The molecule has 5 aliphatic rings. The maximum atomic E-state index is 13.4. The highest BCUT2D eigenvalue weighted by atomic mass is 35.5. The summed E-state index contributed by atoms with van der Waals surface area (Å²) in [5.74, 6) is 5.37. The second-order valence-corrected chi connectivity index (χ2v) is 32.6. The number of carbonyl (C=O) groups excluding carboxylic acids is 1. The first-order valence-electron chi connectivity index (χ1n) is 34.5. The molecule has 9 aromatic rings. The maximum absolute atomic E-state index is 13.4. The van der Waals surface area contributed by atoms with Gasteiger partial charge in [-0.2, -0.15) is 0 Å². The Morgan fingerprint density at radius 1 is 0.515 bits per heavy atom. The van der Waals surface area contributed by atoms with Gasteiger partial charge in [-0.3, -0.25) is 33.5 Å². The number of piperidine rings is 1. The average molecular weight is 1450 g/mol. The molecular weight excluding hydrogens is 1360 g/mol. The first-order valence-corrected chi connectivity index (χ1v) is 38.1. The van der Waals surface area contributed by atoms with Crippen molar-refractivity contribution in [1.82, 2.24) is 68.8 Å². The predicted octanol–water partition coefficient (Wildman–Crippen LogP) is 14.9. The third-order valence-corrected chi connectivity index (χ3v) is 24.2. The zero-order valence-electron chi connectivity index (χ0n) is 59.7. The second-order valence-electron chi connectivity index (χ2n) is 27.7. The molecule has 14 rings (SSSR count). The minimum absolute atomic E-state index is 0.0915. The quantitative estimate of drug-likeness (QED) is 0.0849. The summed E-state index contributed by atoms with van der Waals surface area (Å²) >= 11 is 23.9. The molecule has 99 heavy (non-hydrogen) atoms. The molecule has 0 spiro atoms. The molecular formula is C75H92Cl3N17OS3. The van der Waals surface area contributed by atoms with Gasteiger partial charge in [-0.15, -0.1) is 64.6 Å². The number of benzene rings is 3. The molecule has 0 saturated carbocycles. The Kier molecular flexibility index (Phi) is 22.7. The molecule has 5 aliphatic heterocycles. The van der Waals surface area contributed by atoms with E-state index in [0.29, 0.717) is 11.4 Å². The molecule has 0 unspecified atom stereocenters. The molecule has 0 aliphatic carbocycles. The van der Waals surface area contributed by atoms with Gasteiger partial charge in [-0.05, 0) is 209 Å². The number of nitrogens with zero attached hydrogens (tertiary/aromatic N) is 17. The summed E-state index contributed by atoms with van der Waals surface area (Å²) in [6.45, 7) is 32.6. The molecule has 522 valence electrons. The van der Waals surface area contributed by atoms with Crippen LogP contribution in [-0.4, -0.2) is 192 Å². The lowest BCUT2D eigenvalue weighted by molar-refractivity contribution is -0.120. The minimum Gasteiger partial charge on any atom is -0.307 e. The largest absolute Gasteiger partial charge is 0.307 e. The van der Waals surface area contributed by atoms with Crippen molar-refractivity contribution in [2.75, 3.05) is 100 Å². The van der Waals surface area contributed by atoms with Gasteiger partial charge in [-0.25, -0.2) is 0 Å². The van der Waals surface area contributed by atoms with Crippen molar-refractivity contribution in [3.63, 3.8) is 0 Å². The molecule has 3 aromatic carbocycles. The van der Waals surface area contributed by atoms with Gasteiger partial charge in [0.1, 0.15) is 55.9 Å². The molecule has 18 nitrogen and oxygen atoms in total. The van der Waals surface area contributed by atoms with E-state index in [9.17, 15) is 4.79 Å². The van der Waals surface area contributed by atoms with Gasteiger partial charge in [0.2, 0.25) is 0 Å². The number of aliphatic imine (C=N–C) groups is 3. The molecule has 0 radical (unpaired) electrons. The van der Waals surface area contributed by atoms with Crippen LogP contribution in [0.25, 0.3) is 15.0 Å². The molecule has 0 amide bonds. The number of thiophene rings is 3. The van der Waals surface area contributed by atoms with Crippen LogP contribution in [0, 0.1) is 62.3 Å². The van der Waals surface area contributed by atoms with E-state index in [-0.39, 0.29) is 24.3 Å². The summed E-state index contributed by atoms with van der Waals surface area (Å²) in [6.07, 6.45) is 6.95. The molecule has 3 atom stereocenters. The Balaban J connectivity index is 0.000000143. The highest BCUT2D eigenvalue weighted by molar-refractivity contribution is 7.15. The number of rotatable bonds is 17. The summed E-state index contributed by atoms with van der Waals surface area (Å²) < 4.78 is 6.53. The minimum atomic E-state index is -0.833. The van der Waals surface area contributed by atoms with E-state index >= 15 is 0 Å². The van der Waals surface area contributed by atoms with Gasteiger partial charge < -0.3 is 24.5 Å². The fourth-order valence-electron chi connectivity index (χ4n) is 14.0. The zero-order chi connectivity index (χ0) is 70.1. The number of carbonyl (C=O) groups is 1. The number of aryl methyl sites for hydroxylation is 6. The van der Waals surface area contributed by atoms with Crippen molar-refractivity contribution >= 4 is 91.7 Å². The summed E-state index contributed by atoms with van der Waals surface area (Å²) in [5, 5.41) is 32.5. The van der Waals surface area contributed by atoms with E-state index < -0.39 is 5.54 Å².